The molecule has 0 aliphatic carbocycles. The van der Waals surface area contributed by atoms with Crippen molar-refractivity contribution in [3.63, 3.8) is 0 Å². The molecule has 1 aliphatic heterocycles. The van der Waals surface area contributed by atoms with E-state index in [4.69, 9.17) is 9.37 Å². The van der Waals surface area contributed by atoms with Gasteiger partial charge in [0, 0.05) is 45.4 Å². The molecular weight excluding hydrogens is 356 g/mol. The lowest BCUT2D eigenvalue weighted by atomic mass is 10.1. The Labute approximate surface area is 164 Å². The summed E-state index contributed by atoms with van der Waals surface area (Å²) < 4.78 is 10.1. The molecule has 1 atom stereocenters. The van der Waals surface area contributed by atoms with E-state index in [0.717, 1.165) is 55.9 Å². The molecule has 7 nitrogen and oxygen atoms in total. The van der Waals surface area contributed by atoms with Crippen molar-refractivity contribution in [2.24, 2.45) is 0 Å². The van der Waals surface area contributed by atoms with Gasteiger partial charge in [0.2, 0.25) is 0 Å². The highest BCUT2D eigenvalue weighted by Gasteiger charge is 2.26. The summed E-state index contributed by atoms with van der Waals surface area (Å²) in [5.41, 5.74) is 4.01. The molecule has 1 aliphatic rings. The van der Waals surface area contributed by atoms with Crippen LogP contribution in [0.1, 0.15) is 17.5 Å². The largest absolute Gasteiger partial charge is 0.497 e. The zero-order valence-corrected chi connectivity index (χ0v) is 16.1. The number of ether oxygens (including phenoxy) is 1. The number of aliphatic hydroxyl groups excluding tert-OH is 1. The predicted octanol–water partition coefficient (Wildman–Crippen LogP) is 2.30. The highest BCUT2D eigenvalue weighted by Crippen LogP contribution is 2.21. The maximum atomic E-state index is 9.56. The van der Waals surface area contributed by atoms with E-state index < -0.39 is 0 Å². The van der Waals surface area contributed by atoms with Crippen molar-refractivity contribution in [2.45, 2.75) is 25.6 Å². The van der Waals surface area contributed by atoms with Crippen LogP contribution in [0.4, 0.5) is 0 Å². The first-order chi connectivity index (χ1) is 13.7. The van der Waals surface area contributed by atoms with Crippen molar-refractivity contribution in [1.29, 1.82) is 0 Å². The molecule has 2 heterocycles. The second-order valence-electron chi connectivity index (χ2n) is 7.31. The standard InChI is InChI=1S/C21H26N4O3/c1-27-19-4-2-3-16(11-19)14-25-9-8-24(15-18(25)7-10-26)13-17-5-6-20-21(12-17)23-28-22-20/h2-6,11-12,18,26H,7-10,13-15H2,1H3/t18-/m0/s1. The Bertz CT molecular complexity index is 913. The average Bonchev–Trinajstić information content (AvgIpc) is 3.18. The normalized spacial score (nSPS) is 18.6. The van der Waals surface area contributed by atoms with Crippen LogP contribution in [-0.4, -0.2) is 64.6 Å². The van der Waals surface area contributed by atoms with Gasteiger partial charge in [0.05, 0.1) is 7.11 Å². The van der Waals surface area contributed by atoms with E-state index >= 15 is 0 Å². The van der Waals surface area contributed by atoms with Crippen molar-refractivity contribution in [3.8, 4) is 5.75 Å². The van der Waals surface area contributed by atoms with Gasteiger partial charge in [-0.1, -0.05) is 18.2 Å². The third-order valence-corrected chi connectivity index (χ3v) is 5.40. The van der Waals surface area contributed by atoms with Crippen LogP contribution >= 0.6 is 0 Å². The second-order valence-corrected chi connectivity index (χ2v) is 7.31. The first-order valence-electron chi connectivity index (χ1n) is 9.66. The van der Waals surface area contributed by atoms with Crippen molar-refractivity contribution in [3.05, 3.63) is 53.6 Å². The topological polar surface area (TPSA) is 74.9 Å². The zero-order chi connectivity index (χ0) is 19.3. The molecule has 1 N–H and O–H groups in total. The van der Waals surface area contributed by atoms with Crippen LogP contribution in [0.25, 0.3) is 11.0 Å². The van der Waals surface area contributed by atoms with Crippen LogP contribution in [0, 0.1) is 0 Å². The zero-order valence-electron chi connectivity index (χ0n) is 16.1. The molecule has 3 aromatic rings. The van der Waals surface area contributed by atoms with Crippen molar-refractivity contribution in [1.82, 2.24) is 20.1 Å². The lowest BCUT2D eigenvalue weighted by Crippen LogP contribution is -2.52. The molecule has 28 heavy (non-hydrogen) atoms. The summed E-state index contributed by atoms with van der Waals surface area (Å²) >= 11 is 0. The van der Waals surface area contributed by atoms with Crippen LogP contribution in [0.5, 0.6) is 5.75 Å². The molecule has 1 fully saturated rings. The van der Waals surface area contributed by atoms with Gasteiger partial charge < -0.3 is 9.84 Å². The van der Waals surface area contributed by atoms with Crippen molar-refractivity contribution >= 4 is 11.0 Å². The number of nitrogens with zero attached hydrogens (tertiary/aromatic N) is 4. The van der Waals surface area contributed by atoms with Gasteiger partial charge in [-0.25, -0.2) is 4.63 Å². The summed E-state index contributed by atoms with van der Waals surface area (Å²) in [5.74, 6) is 0.882. The van der Waals surface area contributed by atoms with Gasteiger partial charge in [0.1, 0.15) is 16.8 Å². The second kappa shape index (κ2) is 8.68. The summed E-state index contributed by atoms with van der Waals surface area (Å²) in [6.45, 7) is 4.81. The van der Waals surface area contributed by atoms with Crippen molar-refractivity contribution in [2.75, 3.05) is 33.4 Å². The predicted molar refractivity (Wildman–Crippen MR) is 106 cm³/mol. The monoisotopic (exact) mass is 382 g/mol. The van der Waals surface area contributed by atoms with Gasteiger partial charge in [0.15, 0.2) is 0 Å². The number of aromatic nitrogens is 2. The number of rotatable bonds is 7. The first-order valence-corrected chi connectivity index (χ1v) is 9.66. The molecular formula is C21H26N4O3. The highest BCUT2D eigenvalue weighted by molar-refractivity contribution is 5.73. The van der Waals surface area contributed by atoms with Gasteiger partial charge in [-0.2, -0.15) is 0 Å². The van der Waals surface area contributed by atoms with Gasteiger partial charge >= 0.3 is 0 Å². The summed E-state index contributed by atoms with van der Waals surface area (Å²) in [7, 11) is 1.69. The molecule has 0 bridgehead atoms. The summed E-state index contributed by atoms with van der Waals surface area (Å²) in [6, 6.07) is 14.6. The Morgan fingerprint density at radius 3 is 2.79 bits per heavy atom. The molecule has 0 spiro atoms. The molecule has 0 radical (unpaired) electrons. The SMILES string of the molecule is COc1cccc(CN2CCN(Cc3ccc4nonc4c3)C[C@@H]2CCO)c1. The Morgan fingerprint density at radius 2 is 1.93 bits per heavy atom. The van der Waals surface area contributed by atoms with Crippen molar-refractivity contribution < 1.29 is 14.5 Å². The molecule has 0 unspecified atom stereocenters. The lowest BCUT2D eigenvalue weighted by molar-refractivity contribution is 0.0499. The van der Waals surface area contributed by atoms with Crippen LogP contribution in [-0.2, 0) is 13.1 Å². The van der Waals surface area contributed by atoms with Crippen LogP contribution in [0.15, 0.2) is 47.1 Å². The third kappa shape index (κ3) is 4.32. The molecule has 2 aromatic carbocycles. The van der Waals surface area contributed by atoms with E-state index in [-0.39, 0.29) is 6.61 Å². The molecule has 1 aromatic heterocycles. The summed E-state index contributed by atoms with van der Waals surface area (Å²) in [4.78, 5) is 4.91. The summed E-state index contributed by atoms with van der Waals surface area (Å²) in [6.07, 6.45) is 0.771. The molecule has 4 rings (SSSR count). The molecule has 0 amide bonds. The Morgan fingerprint density at radius 1 is 1.07 bits per heavy atom. The van der Waals surface area contributed by atoms with E-state index in [2.05, 4.69) is 38.3 Å². The molecule has 0 saturated carbocycles. The molecule has 148 valence electrons. The quantitative estimate of drug-likeness (QED) is 0.672. The molecule has 7 heteroatoms. The average molecular weight is 382 g/mol. The van der Waals surface area contributed by atoms with Gasteiger partial charge in [-0.05, 0) is 52.1 Å². The minimum Gasteiger partial charge on any atom is -0.497 e. The fourth-order valence-electron chi connectivity index (χ4n) is 3.92. The van der Waals surface area contributed by atoms with E-state index in [1.807, 2.05) is 24.3 Å². The summed E-state index contributed by atoms with van der Waals surface area (Å²) in [5, 5.41) is 17.4. The van der Waals surface area contributed by atoms with Crippen LogP contribution in [0.3, 0.4) is 0 Å². The fourth-order valence-corrected chi connectivity index (χ4v) is 3.92. The molecule has 1 saturated heterocycles. The number of aliphatic hydroxyl groups is 1. The Hall–Kier alpha value is -2.48. The minimum absolute atomic E-state index is 0.198. The smallest absolute Gasteiger partial charge is 0.135 e. The van der Waals surface area contributed by atoms with Crippen LogP contribution < -0.4 is 4.74 Å². The van der Waals surface area contributed by atoms with Gasteiger partial charge in [-0.15, -0.1) is 0 Å². The van der Waals surface area contributed by atoms with Gasteiger partial charge in [0.25, 0.3) is 0 Å². The Balaban J connectivity index is 1.41. The highest BCUT2D eigenvalue weighted by atomic mass is 16.6. The minimum atomic E-state index is 0.198. The van der Waals surface area contributed by atoms with E-state index in [1.165, 1.54) is 11.1 Å². The van der Waals surface area contributed by atoms with Gasteiger partial charge in [-0.3, -0.25) is 9.80 Å². The Kier molecular flexibility index (Phi) is 5.85. The van der Waals surface area contributed by atoms with E-state index in [1.54, 1.807) is 7.11 Å². The lowest BCUT2D eigenvalue weighted by Gasteiger charge is -2.41. The maximum Gasteiger partial charge on any atom is 0.135 e. The fraction of sp³-hybridized carbons (Fsp3) is 0.429. The third-order valence-electron chi connectivity index (χ3n) is 5.40. The number of methoxy groups -OCH3 is 1. The number of benzene rings is 2. The number of piperazine rings is 1. The van der Waals surface area contributed by atoms with Crippen LogP contribution in [0.2, 0.25) is 0 Å². The first kappa shape index (κ1) is 18.9. The van der Waals surface area contributed by atoms with E-state index in [0.29, 0.717) is 6.04 Å². The number of hydrogen-bond acceptors (Lipinski definition) is 7. The number of fused-ring (bicyclic) bond motifs is 1. The van der Waals surface area contributed by atoms with E-state index in [9.17, 15) is 5.11 Å². The maximum absolute atomic E-state index is 9.56. The number of hydrogen-bond donors (Lipinski definition) is 1.